The van der Waals surface area contributed by atoms with E-state index in [2.05, 4.69) is 19.2 Å². The van der Waals surface area contributed by atoms with Crippen molar-refractivity contribution in [3.05, 3.63) is 12.2 Å². The van der Waals surface area contributed by atoms with Crippen molar-refractivity contribution >= 4 is 5.91 Å². The van der Waals surface area contributed by atoms with Crippen LogP contribution in [-0.4, -0.2) is 75.8 Å². The van der Waals surface area contributed by atoms with Crippen LogP contribution in [0.2, 0.25) is 0 Å². The first-order chi connectivity index (χ1) is 23.3. The molecule has 284 valence electrons. The lowest BCUT2D eigenvalue weighted by molar-refractivity contribution is -0.294. The molecule has 0 aromatic carbocycles. The molecular formula is C40H77NO7. The fraction of sp³-hybridized carbons (Fsp3) is 0.925. The molecule has 1 heterocycles. The highest BCUT2D eigenvalue weighted by molar-refractivity contribution is 5.76. The summed E-state index contributed by atoms with van der Waals surface area (Å²) in [5.41, 5.74) is 0. The normalized spacial score (nSPS) is 22.7. The molecule has 5 N–H and O–H groups in total. The van der Waals surface area contributed by atoms with Gasteiger partial charge in [-0.25, -0.2) is 0 Å². The van der Waals surface area contributed by atoms with Crippen LogP contribution in [0.5, 0.6) is 0 Å². The van der Waals surface area contributed by atoms with Crippen molar-refractivity contribution in [2.24, 2.45) is 0 Å². The minimum atomic E-state index is -1.44. The van der Waals surface area contributed by atoms with Crippen LogP contribution >= 0.6 is 0 Å². The highest BCUT2D eigenvalue weighted by Gasteiger charge is 2.42. The van der Waals surface area contributed by atoms with Crippen LogP contribution in [0, 0.1) is 0 Å². The predicted octanol–water partition coefficient (Wildman–Crippen LogP) is 8.41. The number of hydrogen-bond donors (Lipinski definition) is 5. The fourth-order valence-corrected chi connectivity index (χ4v) is 6.45. The van der Waals surface area contributed by atoms with Gasteiger partial charge in [-0.15, -0.1) is 0 Å². The predicted molar refractivity (Wildman–Crippen MR) is 197 cm³/mol. The van der Waals surface area contributed by atoms with Crippen LogP contribution in [0.1, 0.15) is 188 Å². The van der Waals surface area contributed by atoms with Crippen LogP contribution in [0.15, 0.2) is 12.2 Å². The number of rotatable bonds is 32. The molecule has 0 radical (unpaired) electrons. The van der Waals surface area contributed by atoms with Crippen molar-refractivity contribution in [2.45, 2.75) is 231 Å². The maximum atomic E-state index is 12.9. The Balaban J connectivity index is 2.39. The van der Waals surface area contributed by atoms with E-state index >= 15 is 0 Å². The van der Waals surface area contributed by atoms with Gasteiger partial charge in [-0.3, -0.25) is 4.79 Å². The number of nitrogens with one attached hydrogen (secondary N) is 1. The number of hydrogen-bond acceptors (Lipinski definition) is 7. The molecule has 0 bridgehead atoms. The second kappa shape index (κ2) is 30.8. The van der Waals surface area contributed by atoms with Gasteiger partial charge >= 0.3 is 0 Å². The molecule has 1 saturated heterocycles. The minimum absolute atomic E-state index is 0.106. The van der Waals surface area contributed by atoms with Crippen molar-refractivity contribution in [1.29, 1.82) is 0 Å². The molecule has 8 heteroatoms. The zero-order chi connectivity index (χ0) is 35.2. The van der Waals surface area contributed by atoms with Gasteiger partial charge in [0.2, 0.25) is 5.91 Å². The molecule has 1 fully saturated rings. The highest BCUT2D eigenvalue weighted by atomic mass is 16.7. The molecule has 7 atom stereocenters. The number of allylic oxidation sites excluding steroid dienone is 1. The standard InChI is InChI=1S/C40H77NO7/c1-4-6-8-10-12-14-16-18-20-22-24-26-28-30-35(42)34(32-47-40-39(46)38(45)37(44)33(3)48-40)41-36(43)31-29-27-25-23-21-19-17-15-13-11-9-7-5-2/h28,30,33-35,37-40,42,44-46H,4-27,29,31-32H2,1-3H3,(H,41,43)/b30-28+/t33-,34-,35+,37-,38+,39+,40+/m0/s1. The van der Waals surface area contributed by atoms with Crippen molar-refractivity contribution < 1.29 is 34.7 Å². The third-order valence-electron chi connectivity index (χ3n) is 9.82. The molecular weight excluding hydrogens is 606 g/mol. The first kappa shape index (κ1) is 45.0. The van der Waals surface area contributed by atoms with E-state index in [0.29, 0.717) is 6.42 Å². The molecule has 1 rings (SSSR count). The van der Waals surface area contributed by atoms with E-state index in [1.54, 1.807) is 13.0 Å². The average Bonchev–Trinajstić information content (AvgIpc) is 3.08. The van der Waals surface area contributed by atoms with E-state index < -0.39 is 42.9 Å². The Bertz CT molecular complexity index is 766. The fourth-order valence-electron chi connectivity index (χ4n) is 6.45. The SMILES string of the molecule is CCCCCCCCCCCCC/C=C/[C@@H](O)[C@H](CO[C@@H]1O[C@@H](C)[C@H](O)[C@@H](O)[C@H]1O)NC(=O)CCCCCCCCCCCCCCC. The van der Waals surface area contributed by atoms with Gasteiger partial charge in [0, 0.05) is 6.42 Å². The summed E-state index contributed by atoms with van der Waals surface area (Å²) < 4.78 is 11.3. The summed E-state index contributed by atoms with van der Waals surface area (Å²) in [6, 6.07) is -0.733. The summed E-state index contributed by atoms with van der Waals surface area (Å²) >= 11 is 0. The van der Waals surface area contributed by atoms with E-state index in [1.165, 1.54) is 128 Å². The summed E-state index contributed by atoms with van der Waals surface area (Å²) in [6.45, 7) is 6.00. The average molecular weight is 684 g/mol. The lowest BCUT2D eigenvalue weighted by atomic mass is 10.00. The van der Waals surface area contributed by atoms with Gasteiger partial charge in [0.05, 0.1) is 24.9 Å². The van der Waals surface area contributed by atoms with Crippen LogP contribution < -0.4 is 5.32 Å². The van der Waals surface area contributed by atoms with Crippen LogP contribution in [0.4, 0.5) is 0 Å². The summed E-state index contributed by atoms with van der Waals surface area (Å²) in [6.07, 6.45) is 28.3. The number of ether oxygens (including phenoxy) is 2. The molecule has 1 aliphatic heterocycles. The third-order valence-corrected chi connectivity index (χ3v) is 9.82. The smallest absolute Gasteiger partial charge is 0.220 e. The zero-order valence-electron chi connectivity index (χ0n) is 31.3. The molecule has 0 spiro atoms. The maximum absolute atomic E-state index is 12.9. The van der Waals surface area contributed by atoms with Gasteiger partial charge in [0.15, 0.2) is 6.29 Å². The third kappa shape index (κ3) is 22.6. The molecule has 48 heavy (non-hydrogen) atoms. The van der Waals surface area contributed by atoms with Gasteiger partial charge in [-0.2, -0.15) is 0 Å². The van der Waals surface area contributed by atoms with E-state index in [4.69, 9.17) is 9.47 Å². The highest BCUT2D eigenvalue weighted by Crippen LogP contribution is 2.22. The first-order valence-corrected chi connectivity index (χ1v) is 20.3. The number of unbranched alkanes of at least 4 members (excludes halogenated alkanes) is 23. The topological polar surface area (TPSA) is 128 Å². The Labute approximate surface area is 294 Å². The Morgan fingerprint density at radius 2 is 1.10 bits per heavy atom. The summed E-state index contributed by atoms with van der Waals surface area (Å²) in [7, 11) is 0. The Morgan fingerprint density at radius 3 is 1.58 bits per heavy atom. The number of amides is 1. The molecule has 0 aromatic rings. The first-order valence-electron chi connectivity index (χ1n) is 20.3. The molecule has 0 aromatic heterocycles. The molecule has 1 aliphatic rings. The van der Waals surface area contributed by atoms with E-state index in [-0.39, 0.29) is 12.5 Å². The van der Waals surface area contributed by atoms with Crippen LogP contribution in [0.3, 0.4) is 0 Å². The molecule has 0 unspecified atom stereocenters. The van der Waals surface area contributed by atoms with Crippen LogP contribution in [0.25, 0.3) is 0 Å². The Morgan fingerprint density at radius 1 is 0.667 bits per heavy atom. The second-order valence-corrected chi connectivity index (χ2v) is 14.4. The summed E-state index contributed by atoms with van der Waals surface area (Å²) in [4.78, 5) is 12.9. The van der Waals surface area contributed by atoms with E-state index in [9.17, 15) is 25.2 Å². The minimum Gasteiger partial charge on any atom is -0.388 e. The van der Waals surface area contributed by atoms with Crippen molar-refractivity contribution in [3.8, 4) is 0 Å². The molecule has 8 nitrogen and oxygen atoms in total. The van der Waals surface area contributed by atoms with E-state index in [0.717, 1.165) is 32.1 Å². The molecule has 1 amide bonds. The quantitative estimate of drug-likeness (QED) is 0.0356. The lowest BCUT2D eigenvalue weighted by Gasteiger charge is -2.39. The zero-order valence-corrected chi connectivity index (χ0v) is 31.3. The monoisotopic (exact) mass is 684 g/mol. The van der Waals surface area contributed by atoms with Crippen LogP contribution in [-0.2, 0) is 14.3 Å². The molecule has 0 saturated carbocycles. The Kier molecular flexibility index (Phi) is 28.8. The maximum Gasteiger partial charge on any atom is 0.220 e. The van der Waals surface area contributed by atoms with Gasteiger partial charge in [-0.1, -0.05) is 167 Å². The van der Waals surface area contributed by atoms with Gasteiger partial charge < -0.3 is 35.2 Å². The number of carbonyl (C=O) groups excluding carboxylic acids is 1. The van der Waals surface area contributed by atoms with Crippen molar-refractivity contribution in [2.75, 3.05) is 6.61 Å². The lowest BCUT2D eigenvalue weighted by Crippen LogP contribution is -2.58. The number of aliphatic hydroxyl groups is 4. The number of aliphatic hydroxyl groups excluding tert-OH is 4. The van der Waals surface area contributed by atoms with E-state index in [1.807, 2.05) is 6.08 Å². The summed E-state index contributed by atoms with van der Waals surface area (Å²) in [5.74, 6) is -0.140. The largest absolute Gasteiger partial charge is 0.388 e. The molecule has 0 aliphatic carbocycles. The Hall–Kier alpha value is -1.03. The second-order valence-electron chi connectivity index (χ2n) is 14.4. The van der Waals surface area contributed by atoms with Crippen molar-refractivity contribution in [3.63, 3.8) is 0 Å². The van der Waals surface area contributed by atoms with Gasteiger partial charge in [0.1, 0.15) is 18.3 Å². The number of carbonyl (C=O) groups is 1. The van der Waals surface area contributed by atoms with Gasteiger partial charge in [-0.05, 0) is 26.2 Å². The summed E-state index contributed by atoms with van der Waals surface area (Å²) in [5, 5.41) is 44.4. The van der Waals surface area contributed by atoms with Crippen molar-refractivity contribution in [1.82, 2.24) is 5.32 Å². The van der Waals surface area contributed by atoms with Gasteiger partial charge in [0.25, 0.3) is 0 Å².